The van der Waals surface area contributed by atoms with Crippen LogP contribution in [0.4, 0.5) is 0 Å². The maximum absolute atomic E-state index is 10.3. The second-order valence-electron chi connectivity index (χ2n) is 2.41. The molecule has 0 aliphatic rings. The van der Waals surface area contributed by atoms with Crippen molar-refractivity contribution in [2.45, 2.75) is 6.10 Å². The zero-order chi connectivity index (χ0) is 10.6. The third-order valence-electron chi connectivity index (χ3n) is 1.43. The fraction of sp³-hybridized carbons (Fsp3) is 0.286. The molecule has 0 aromatic carbocycles. The van der Waals surface area contributed by atoms with Gasteiger partial charge >= 0.3 is 90.2 Å². The van der Waals surface area contributed by atoms with Crippen molar-refractivity contribution in [3.8, 4) is 0 Å². The summed E-state index contributed by atoms with van der Waals surface area (Å²) in [5, 5.41) is 26.2. The number of aliphatic hydroxyl groups is 2. The van der Waals surface area contributed by atoms with Crippen LogP contribution < -0.4 is 21.5 Å². The zero-order valence-corrected chi connectivity index (χ0v) is 9.20. The molecular formula is C7H9IN2O4. The molecule has 7 heteroatoms. The van der Waals surface area contributed by atoms with Crippen LogP contribution in [0, 0.1) is 8.48 Å². The van der Waals surface area contributed by atoms with E-state index in [1.807, 2.05) is 0 Å². The molecule has 0 aliphatic heterocycles. The van der Waals surface area contributed by atoms with Crippen LogP contribution in [-0.2, 0) is 0 Å². The fourth-order valence-corrected chi connectivity index (χ4v) is 1.89. The quantitative estimate of drug-likeness (QED) is 0.304. The van der Waals surface area contributed by atoms with Crippen molar-refractivity contribution in [2.75, 3.05) is 6.61 Å². The van der Waals surface area contributed by atoms with Crippen molar-refractivity contribution in [2.24, 2.45) is 0 Å². The molecule has 0 radical (unpaired) electrons. The second kappa shape index (κ2) is 5.17. The first kappa shape index (κ1) is 11.3. The number of hydrogen-bond donors (Lipinski definition) is 3. The molecule has 1 unspecified atom stereocenters. The average molecular weight is 312 g/mol. The summed E-state index contributed by atoms with van der Waals surface area (Å²) in [6, 6.07) is 3.11. The third kappa shape index (κ3) is 3.16. The number of rotatable bonds is 4. The Morgan fingerprint density at radius 3 is 2.71 bits per heavy atom. The van der Waals surface area contributed by atoms with Crippen LogP contribution in [0.5, 0.6) is 0 Å². The van der Waals surface area contributed by atoms with E-state index in [4.69, 9.17) is 10.3 Å². The first-order valence-corrected chi connectivity index (χ1v) is 5.74. The van der Waals surface area contributed by atoms with E-state index >= 15 is 0 Å². The standard InChI is InChI=1S/C7H9IN2O4/c11-4-7(12)6-2-1-5(3-9-6)8-10(13)14/h1-3,7,11-12H,4H2,(H,13,14). The molecule has 3 N–H and O–H groups in total. The van der Waals surface area contributed by atoms with Crippen LogP contribution in [0.15, 0.2) is 18.3 Å². The molecular weight excluding hydrogens is 303 g/mol. The van der Waals surface area contributed by atoms with Crippen LogP contribution in [0.2, 0.25) is 0 Å². The molecule has 0 bridgehead atoms. The van der Waals surface area contributed by atoms with Gasteiger partial charge in [0.1, 0.15) is 0 Å². The van der Waals surface area contributed by atoms with Gasteiger partial charge in [-0.2, -0.15) is 0 Å². The molecule has 6 nitrogen and oxygen atoms in total. The SMILES string of the molecule is O=[N+](O)[I-]c1ccc(C(O)CO)nc1. The van der Waals surface area contributed by atoms with Crippen LogP contribution in [0.3, 0.4) is 0 Å². The normalized spacial score (nSPS) is 12.7. The van der Waals surface area contributed by atoms with Gasteiger partial charge in [0.2, 0.25) is 0 Å². The van der Waals surface area contributed by atoms with E-state index in [2.05, 4.69) is 4.98 Å². The van der Waals surface area contributed by atoms with Gasteiger partial charge in [0.05, 0.1) is 0 Å². The van der Waals surface area contributed by atoms with Crippen LogP contribution in [0.25, 0.3) is 0 Å². The summed E-state index contributed by atoms with van der Waals surface area (Å²) < 4.78 is 0.535. The van der Waals surface area contributed by atoms with E-state index in [0.717, 1.165) is 0 Å². The van der Waals surface area contributed by atoms with Crippen molar-refractivity contribution in [3.05, 3.63) is 32.5 Å². The molecule has 1 atom stereocenters. The Hall–Kier alpha value is -0.800. The molecule has 0 saturated heterocycles. The number of pyridine rings is 1. The van der Waals surface area contributed by atoms with E-state index in [1.54, 1.807) is 6.07 Å². The Morgan fingerprint density at radius 1 is 1.57 bits per heavy atom. The molecule has 1 aromatic heterocycles. The van der Waals surface area contributed by atoms with E-state index in [0.29, 0.717) is 9.26 Å². The number of aromatic nitrogens is 1. The Morgan fingerprint density at radius 2 is 2.29 bits per heavy atom. The number of halogens is 1. The molecule has 0 saturated carbocycles. The Labute approximate surface area is 90.4 Å². The van der Waals surface area contributed by atoms with Crippen LogP contribution in [0.1, 0.15) is 11.8 Å². The molecule has 0 fully saturated rings. The predicted octanol–water partition coefficient (Wildman–Crippen LogP) is -3.55. The van der Waals surface area contributed by atoms with Crippen molar-refractivity contribution >= 4 is 0 Å². The Kier molecular flexibility index (Phi) is 4.17. The fourth-order valence-electron chi connectivity index (χ4n) is 0.811. The minimum absolute atomic E-state index is 0.0992. The van der Waals surface area contributed by atoms with Crippen LogP contribution >= 0.6 is 0 Å². The topological polar surface area (TPSA) is 93.7 Å². The van der Waals surface area contributed by atoms with Gasteiger partial charge in [-0.1, -0.05) is 0 Å². The summed E-state index contributed by atoms with van der Waals surface area (Å²) in [5.41, 5.74) is 0.343. The van der Waals surface area contributed by atoms with E-state index in [-0.39, 0.29) is 3.14 Å². The molecule has 1 aromatic rings. The van der Waals surface area contributed by atoms with Gasteiger partial charge in [-0.3, -0.25) is 0 Å². The summed E-state index contributed by atoms with van der Waals surface area (Å²) >= 11 is -1.14. The van der Waals surface area contributed by atoms with Gasteiger partial charge in [0.25, 0.3) is 0 Å². The van der Waals surface area contributed by atoms with Crippen molar-refractivity contribution in [1.82, 2.24) is 4.98 Å². The van der Waals surface area contributed by atoms with Gasteiger partial charge in [-0.05, 0) is 0 Å². The second-order valence-corrected chi connectivity index (χ2v) is 4.96. The summed E-state index contributed by atoms with van der Waals surface area (Å²) in [4.78, 5) is 14.1. The molecule has 0 amide bonds. The molecule has 0 aliphatic carbocycles. The summed E-state index contributed by atoms with van der Waals surface area (Å²) in [5.74, 6) is 0. The molecule has 0 spiro atoms. The molecule has 1 heterocycles. The summed E-state index contributed by atoms with van der Waals surface area (Å²) in [6.07, 6.45) is 0.405. The Bertz CT molecular complexity index is 316. The summed E-state index contributed by atoms with van der Waals surface area (Å²) in [7, 11) is 0. The van der Waals surface area contributed by atoms with Crippen LogP contribution in [-0.4, -0.2) is 30.1 Å². The predicted molar refractivity (Wildman–Crippen MR) is 40.4 cm³/mol. The maximum atomic E-state index is 10.3. The first-order chi connectivity index (χ1) is 6.63. The van der Waals surface area contributed by atoms with Crippen molar-refractivity contribution in [1.29, 1.82) is 0 Å². The Balaban J connectivity index is 2.73. The number of hydrogen-bond acceptors (Lipinski definition) is 4. The number of nitrogens with zero attached hydrogens (tertiary/aromatic N) is 2. The van der Waals surface area contributed by atoms with E-state index in [9.17, 15) is 10.0 Å². The average Bonchev–Trinajstić information content (AvgIpc) is 2.17. The van der Waals surface area contributed by atoms with Gasteiger partial charge in [-0.15, -0.1) is 0 Å². The summed E-state index contributed by atoms with van der Waals surface area (Å²) in [6.45, 7) is -0.394. The van der Waals surface area contributed by atoms with Gasteiger partial charge in [0, 0.05) is 0 Å². The van der Waals surface area contributed by atoms with E-state index in [1.165, 1.54) is 12.3 Å². The molecule has 78 valence electrons. The van der Waals surface area contributed by atoms with Gasteiger partial charge in [0.15, 0.2) is 0 Å². The van der Waals surface area contributed by atoms with Crippen molar-refractivity contribution in [3.63, 3.8) is 0 Å². The van der Waals surface area contributed by atoms with Crippen molar-refractivity contribution < 1.29 is 40.0 Å². The van der Waals surface area contributed by atoms with Gasteiger partial charge in [-0.25, -0.2) is 0 Å². The number of aliphatic hydroxyl groups excluding tert-OH is 2. The first-order valence-electron chi connectivity index (χ1n) is 3.69. The molecule has 1 rings (SSSR count). The van der Waals surface area contributed by atoms with Gasteiger partial charge < -0.3 is 0 Å². The van der Waals surface area contributed by atoms with E-state index < -0.39 is 34.2 Å². The molecule has 14 heavy (non-hydrogen) atoms. The monoisotopic (exact) mass is 312 g/mol. The zero-order valence-electron chi connectivity index (χ0n) is 7.04. The third-order valence-corrected chi connectivity index (χ3v) is 3.04. The minimum atomic E-state index is -1.14.